The average molecular weight is 231 g/mol. The fourth-order valence-corrected chi connectivity index (χ4v) is 3.78. The van der Waals surface area contributed by atoms with Crippen LogP contribution in [0.3, 0.4) is 0 Å². The molecular formula is C10H21N3OS. The van der Waals surface area contributed by atoms with E-state index >= 15 is 0 Å². The van der Waals surface area contributed by atoms with Gasteiger partial charge in [-0.05, 0) is 20.0 Å². The number of rotatable bonds is 2. The molecule has 2 aliphatic heterocycles. The highest BCUT2D eigenvalue weighted by Gasteiger charge is 2.41. The SMILES string of the molecule is CN1CCC(CN)(N2CCS(=O)CC2)C1. The molecule has 2 heterocycles. The Morgan fingerprint density at radius 2 is 2.00 bits per heavy atom. The van der Waals surface area contributed by atoms with Crippen LogP contribution in [0.25, 0.3) is 0 Å². The first kappa shape index (κ1) is 11.5. The van der Waals surface area contributed by atoms with Crippen LogP contribution < -0.4 is 5.73 Å². The van der Waals surface area contributed by atoms with E-state index in [1.165, 1.54) is 0 Å². The molecule has 0 aliphatic carbocycles. The largest absolute Gasteiger partial charge is 0.329 e. The second kappa shape index (κ2) is 4.49. The number of nitrogens with zero attached hydrogens (tertiary/aromatic N) is 2. The Morgan fingerprint density at radius 3 is 2.47 bits per heavy atom. The summed E-state index contributed by atoms with van der Waals surface area (Å²) in [6.07, 6.45) is 1.16. The Balaban J connectivity index is 2.03. The van der Waals surface area contributed by atoms with Gasteiger partial charge in [-0.1, -0.05) is 0 Å². The second-order valence-corrected chi connectivity index (χ2v) is 6.45. The van der Waals surface area contributed by atoms with Crippen molar-refractivity contribution in [2.24, 2.45) is 5.73 Å². The smallest absolute Gasteiger partial charge is 0.0471 e. The van der Waals surface area contributed by atoms with Crippen molar-refractivity contribution in [3.63, 3.8) is 0 Å². The number of likely N-dealkylation sites (N-methyl/N-ethyl adjacent to an activating group) is 1. The molecule has 1 atom stereocenters. The third kappa shape index (κ3) is 2.25. The first-order valence-electron chi connectivity index (χ1n) is 5.65. The van der Waals surface area contributed by atoms with Gasteiger partial charge in [0.1, 0.15) is 0 Å². The third-order valence-corrected chi connectivity index (χ3v) is 5.03. The quantitative estimate of drug-likeness (QED) is 0.668. The lowest BCUT2D eigenvalue weighted by Crippen LogP contribution is -2.59. The van der Waals surface area contributed by atoms with Crippen molar-refractivity contribution < 1.29 is 4.21 Å². The molecule has 4 nitrogen and oxygen atoms in total. The minimum Gasteiger partial charge on any atom is -0.329 e. The molecule has 2 rings (SSSR count). The molecule has 0 saturated carbocycles. The summed E-state index contributed by atoms with van der Waals surface area (Å²) in [5, 5.41) is 0. The summed E-state index contributed by atoms with van der Waals surface area (Å²) in [6, 6.07) is 0. The van der Waals surface area contributed by atoms with E-state index < -0.39 is 10.8 Å². The molecular weight excluding hydrogens is 210 g/mol. The summed E-state index contributed by atoms with van der Waals surface area (Å²) in [6.45, 7) is 4.84. The van der Waals surface area contributed by atoms with Crippen LogP contribution in [0, 0.1) is 0 Å². The third-order valence-electron chi connectivity index (χ3n) is 3.75. The van der Waals surface area contributed by atoms with Crippen molar-refractivity contribution in [1.82, 2.24) is 9.80 Å². The van der Waals surface area contributed by atoms with Crippen LogP contribution in [0.4, 0.5) is 0 Å². The number of nitrogens with two attached hydrogens (primary N) is 1. The van der Waals surface area contributed by atoms with Crippen LogP contribution in [0.5, 0.6) is 0 Å². The van der Waals surface area contributed by atoms with Gasteiger partial charge in [0.15, 0.2) is 0 Å². The topological polar surface area (TPSA) is 49.6 Å². The van der Waals surface area contributed by atoms with Crippen LogP contribution in [-0.4, -0.2) is 70.8 Å². The summed E-state index contributed by atoms with van der Waals surface area (Å²) < 4.78 is 11.3. The molecule has 15 heavy (non-hydrogen) atoms. The molecule has 2 saturated heterocycles. The van der Waals surface area contributed by atoms with E-state index in [0.29, 0.717) is 0 Å². The van der Waals surface area contributed by atoms with Gasteiger partial charge in [0.05, 0.1) is 0 Å². The molecule has 0 bridgehead atoms. The zero-order valence-electron chi connectivity index (χ0n) is 9.45. The Labute approximate surface area is 94.2 Å². The summed E-state index contributed by atoms with van der Waals surface area (Å²) in [5.41, 5.74) is 6.12. The maximum atomic E-state index is 11.3. The van der Waals surface area contributed by atoms with Gasteiger partial charge >= 0.3 is 0 Å². The molecule has 1 unspecified atom stereocenters. The van der Waals surface area contributed by atoms with Crippen molar-refractivity contribution in [2.45, 2.75) is 12.0 Å². The molecule has 2 N–H and O–H groups in total. The van der Waals surface area contributed by atoms with Crippen LogP contribution in [0.2, 0.25) is 0 Å². The van der Waals surface area contributed by atoms with Gasteiger partial charge in [-0.25, -0.2) is 0 Å². The summed E-state index contributed by atoms with van der Waals surface area (Å²) >= 11 is 0. The molecule has 2 fully saturated rings. The van der Waals surface area contributed by atoms with Gasteiger partial charge in [-0.2, -0.15) is 0 Å². The molecule has 0 aromatic carbocycles. The Kier molecular flexibility index (Phi) is 3.45. The molecule has 2 aliphatic rings. The van der Waals surface area contributed by atoms with Crippen molar-refractivity contribution >= 4 is 10.8 Å². The molecule has 0 spiro atoms. The summed E-state index contributed by atoms with van der Waals surface area (Å²) in [5.74, 6) is 1.65. The lowest BCUT2D eigenvalue weighted by atomic mass is 9.96. The zero-order chi connectivity index (χ0) is 10.9. The lowest BCUT2D eigenvalue weighted by Gasteiger charge is -2.42. The van der Waals surface area contributed by atoms with E-state index in [0.717, 1.165) is 50.7 Å². The predicted molar refractivity (Wildman–Crippen MR) is 63.3 cm³/mol. The van der Waals surface area contributed by atoms with Crippen molar-refractivity contribution in [3.8, 4) is 0 Å². The predicted octanol–water partition coefficient (Wildman–Crippen LogP) is -0.916. The molecule has 0 radical (unpaired) electrons. The lowest BCUT2D eigenvalue weighted by molar-refractivity contribution is 0.113. The number of hydrogen-bond acceptors (Lipinski definition) is 4. The van der Waals surface area contributed by atoms with Gasteiger partial charge in [0.25, 0.3) is 0 Å². The molecule has 0 aromatic heterocycles. The Morgan fingerprint density at radius 1 is 1.33 bits per heavy atom. The molecule has 88 valence electrons. The monoisotopic (exact) mass is 231 g/mol. The van der Waals surface area contributed by atoms with E-state index in [-0.39, 0.29) is 5.54 Å². The van der Waals surface area contributed by atoms with Crippen molar-refractivity contribution in [2.75, 3.05) is 51.3 Å². The van der Waals surface area contributed by atoms with Crippen LogP contribution in [-0.2, 0) is 10.8 Å². The van der Waals surface area contributed by atoms with E-state index in [1.807, 2.05) is 0 Å². The highest BCUT2D eigenvalue weighted by Crippen LogP contribution is 2.27. The fraction of sp³-hybridized carbons (Fsp3) is 1.00. The average Bonchev–Trinajstić information content (AvgIpc) is 2.62. The normalized spacial score (nSPS) is 36.1. The second-order valence-electron chi connectivity index (χ2n) is 4.75. The fourth-order valence-electron chi connectivity index (χ4n) is 2.73. The summed E-state index contributed by atoms with van der Waals surface area (Å²) in [4.78, 5) is 4.82. The van der Waals surface area contributed by atoms with Gasteiger partial charge in [-0.3, -0.25) is 9.11 Å². The van der Waals surface area contributed by atoms with Crippen LogP contribution >= 0.6 is 0 Å². The number of likely N-dealkylation sites (tertiary alicyclic amines) is 1. The minimum atomic E-state index is -0.586. The van der Waals surface area contributed by atoms with E-state index in [9.17, 15) is 4.21 Å². The Bertz CT molecular complexity index is 251. The van der Waals surface area contributed by atoms with E-state index in [4.69, 9.17) is 5.73 Å². The van der Waals surface area contributed by atoms with Gasteiger partial charge < -0.3 is 10.6 Å². The zero-order valence-corrected chi connectivity index (χ0v) is 10.3. The summed E-state index contributed by atoms with van der Waals surface area (Å²) in [7, 11) is 1.57. The van der Waals surface area contributed by atoms with Gasteiger partial charge in [0.2, 0.25) is 0 Å². The molecule has 0 amide bonds. The minimum absolute atomic E-state index is 0.166. The Hall–Kier alpha value is 0.0300. The maximum absolute atomic E-state index is 11.3. The molecule has 0 aromatic rings. The van der Waals surface area contributed by atoms with Crippen molar-refractivity contribution in [3.05, 3.63) is 0 Å². The van der Waals surface area contributed by atoms with E-state index in [2.05, 4.69) is 16.8 Å². The standard InChI is InChI=1S/C10H21N3OS/c1-12-3-2-10(8-11,9-12)13-4-6-15(14)7-5-13/h2-9,11H2,1H3. The number of hydrogen-bond donors (Lipinski definition) is 1. The van der Waals surface area contributed by atoms with Gasteiger partial charge in [0, 0.05) is 54.0 Å². The van der Waals surface area contributed by atoms with Crippen LogP contribution in [0.1, 0.15) is 6.42 Å². The highest BCUT2D eigenvalue weighted by atomic mass is 32.2. The van der Waals surface area contributed by atoms with Crippen molar-refractivity contribution in [1.29, 1.82) is 0 Å². The molecule has 5 heteroatoms. The first-order valence-corrected chi connectivity index (χ1v) is 7.14. The maximum Gasteiger partial charge on any atom is 0.0471 e. The van der Waals surface area contributed by atoms with Crippen LogP contribution in [0.15, 0.2) is 0 Å². The van der Waals surface area contributed by atoms with Gasteiger partial charge in [-0.15, -0.1) is 0 Å². The first-order chi connectivity index (χ1) is 7.16. The highest BCUT2D eigenvalue weighted by molar-refractivity contribution is 7.85. The van der Waals surface area contributed by atoms with E-state index in [1.54, 1.807) is 0 Å².